The number of rotatable bonds is 5. The molecule has 25 heavy (non-hydrogen) atoms. The van der Waals surface area contributed by atoms with Crippen molar-refractivity contribution in [1.82, 2.24) is 15.5 Å². The van der Waals surface area contributed by atoms with E-state index in [1.165, 1.54) is 36.8 Å². The molecular formula is C20H30N4O. The Morgan fingerprint density at radius 1 is 1.20 bits per heavy atom. The van der Waals surface area contributed by atoms with E-state index in [-0.39, 0.29) is 12.5 Å². The highest BCUT2D eigenvalue weighted by Crippen LogP contribution is 2.44. The second kappa shape index (κ2) is 7.89. The van der Waals surface area contributed by atoms with E-state index in [0.717, 1.165) is 17.8 Å². The summed E-state index contributed by atoms with van der Waals surface area (Å²) in [5, 5.41) is 6.81. The van der Waals surface area contributed by atoms with Crippen LogP contribution in [-0.4, -0.2) is 43.4 Å². The molecule has 2 aliphatic rings. The van der Waals surface area contributed by atoms with E-state index in [1.54, 1.807) is 19.0 Å². The van der Waals surface area contributed by atoms with Gasteiger partial charge >= 0.3 is 0 Å². The summed E-state index contributed by atoms with van der Waals surface area (Å²) < 4.78 is 0. The van der Waals surface area contributed by atoms with Crippen molar-refractivity contribution in [1.29, 1.82) is 0 Å². The van der Waals surface area contributed by atoms with Crippen LogP contribution in [-0.2, 0) is 11.3 Å². The maximum absolute atomic E-state index is 11.9. The molecule has 1 amide bonds. The number of amides is 1. The summed E-state index contributed by atoms with van der Waals surface area (Å²) in [6.07, 6.45) is 5.28. The van der Waals surface area contributed by atoms with Gasteiger partial charge in [0.2, 0.25) is 5.91 Å². The van der Waals surface area contributed by atoms with Gasteiger partial charge in [0.05, 0.1) is 13.1 Å². The molecule has 3 unspecified atom stereocenters. The number of carbonyl (C=O) groups is 1. The Hall–Kier alpha value is -2.04. The van der Waals surface area contributed by atoms with Gasteiger partial charge in [-0.25, -0.2) is 4.99 Å². The quantitative estimate of drug-likeness (QED) is 0.638. The van der Waals surface area contributed by atoms with Crippen molar-refractivity contribution in [2.45, 2.75) is 45.2 Å². The van der Waals surface area contributed by atoms with Crippen molar-refractivity contribution in [2.75, 3.05) is 20.6 Å². The SMILES string of the molecule is Cc1ccc(CN=C(NCC(=O)N(C)C)NC2CC3CCC2C3)cc1. The zero-order chi connectivity index (χ0) is 17.8. The van der Waals surface area contributed by atoms with Crippen LogP contribution < -0.4 is 10.6 Å². The lowest BCUT2D eigenvalue weighted by molar-refractivity contribution is -0.127. The van der Waals surface area contributed by atoms with Gasteiger partial charge in [-0.1, -0.05) is 36.2 Å². The molecule has 1 aromatic rings. The van der Waals surface area contributed by atoms with Crippen molar-refractivity contribution in [2.24, 2.45) is 16.8 Å². The topological polar surface area (TPSA) is 56.7 Å². The lowest BCUT2D eigenvalue weighted by Crippen LogP contribution is -2.48. The minimum absolute atomic E-state index is 0.0535. The third-order valence-electron chi connectivity index (χ3n) is 5.51. The van der Waals surface area contributed by atoms with Gasteiger partial charge in [-0.05, 0) is 43.6 Å². The number of likely N-dealkylation sites (N-methyl/N-ethyl adjacent to an activating group) is 1. The number of carbonyl (C=O) groups excluding carboxylic acids is 1. The minimum Gasteiger partial charge on any atom is -0.353 e. The lowest BCUT2D eigenvalue weighted by atomic mass is 9.95. The number of nitrogens with one attached hydrogen (secondary N) is 2. The Bertz CT molecular complexity index is 623. The molecule has 2 aliphatic carbocycles. The van der Waals surface area contributed by atoms with E-state index >= 15 is 0 Å². The monoisotopic (exact) mass is 342 g/mol. The summed E-state index contributed by atoms with van der Waals surface area (Å²) >= 11 is 0. The number of nitrogens with zero attached hydrogens (tertiary/aromatic N) is 2. The molecule has 0 heterocycles. The molecule has 2 bridgehead atoms. The van der Waals surface area contributed by atoms with E-state index in [9.17, 15) is 4.79 Å². The van der Waals surface area contributed by atoms with Gasteiger partial charge in [0.25, 0.3) is 0 Å². The molecule has 2 saturated carbocycles. The average Bonchev–Trinajstić information content (AvgIpc) is 3.21. The number of benzene rings is 1. The summed E-state index contributed by atoms with van der Waals surface area (Å²) in [6, 6.07) is 8.93. The molecule has 0 spiro atoms. The Morgan fingerprint density at radius 2 is 1.96 bits per heavy atom. The van der Waals surface area contributed by atoms with Gasteiger partial charge in [0.15, 0.2) is 5.96 Å². The Kier molecular flexibility index (Phi) is 5.61. The standard InChI is InChI=1S/C20H30N4O/c1-14-4-6-15(7-5-14)12-21-20(22-13-19(25)24(2)3)23-18-11-16-8-9-17(18)10-16/h4-7,16-18H,8-13H2,1-3H3,(H2,21,22,23). The van der Waals surface area contributed by atoms with Crippen molar-refractivity contribution in [3.8, 4) is 0 Å². The predicted octanol–water partition coefficient (Wildman–Crippen LogP) is 2.31. The number of aryl methyl sites for hydroxylation is 1. The Balaban J connectivity index is 1.63. The zero-order valence-corrected chi connectivity index (χ0v) is 15.6. The van der Waals surface area contributed by atoms with Crippen LogP contribution in [0.1, 0.15) is 36.8 Å². The molecule has 0 aliphatic heterocycles. The first-order valence-electron chi connectivity index (χ1n) is 9.32. The Labute approximate surface area is 150 Å². The molecule has 2 N–H and O–H groups in total. The average molecular weight is 342 g/mol. The number of guanidine groups is 1. The maximum Gasteiger partial charge on any atom is 0.241 e. The molecule has 5 heteroatoms. The summed E-state index contributed by atoms with van der Waals surface area (Å²) in [6.45, 7) is 2.98. The molecule has 2 fully saturated rings. The fourth-order valence-electron chi connectivity index (χ4n) is 3.93. The van der Waals surface area contributed by atoms with E-state index in [2.05, 4.69) is 41.8 Å². The van der Waals surface area contributed by atoms with E-state index in [1.807, 2.05) is 0 Å². The second-order valence-corrected chi connectivity index (χ2v) is 7.72. The number of hydrogen-bond acceptors (Lipinski definition) is 2. The van der Waals surface area contributed by atoms with E-state index in [4.69, 9.17) is 4.99 Å². The molecule has 5 nitrogen and oxygen atoms in total. The van der Waals surface area contributed by atoms with Crippen LogP contribution in [0.4, 0.5) is 0 Å². The molecule has 0 saturated heterocycles. The smallest absolute Gasteiger partial charge is 0.241 e. The van der Waals surface area contributed by atoms with Crippen LogP contribution in [0.25, 0.3) is 0 Å². The van der Waals surface area contributed by atoms with Crippen molar-refractivity contribution in [3.05, 3.63) is 35.4 Å². The van der Waals surface area contributed by atoms with Crippen LogP contribution in [0, 0.1) is 18.8 Å². The summed E-state index contributed by atoms with van der Waals surface area (Å²) in [4.78, 5) is 18.2. The van der Waals surface area contributed by atoms with Gasteiger partial charge in [-0.3, -0.25) is 4.79 Å². The summed E-state index contributed by atoms with van der Waals surface area (Å²) in [7, 11) is 3.55. The lowest BCUT2D eigenvalue weighted by Gasteiger charge is -2.25. The van der Waals surface area contributed by atoms with Crippen LogP contribution in [0.2, 0.25) is 0 Å². The molecule has 1 aromatic carbocycles. The third-order valence-corrected chi connectivity index (χ3v) is 5.51. The Morgan fingerprint density at radius 3 is 2.56 bits per heavy atom. The van der Waals surface area contributed by atoms with Gasteiger partial charge in [0.1, 0.15) is 0 Å². The van der Waals surface area contributed by atoms with Crippen molar-refractivity contribution >= 4 is 11.9 Å². The normalized spacial score (nSPS) is 25.1. The van der Waals surface area contributed by atoms with Crippen LogP contribution >= 0.6 is 0 Å². The molecular weight excluding hydrogens is 312 g/mol. The largest absolute Gasteiger partial charge is 0.353 e. The number of hydrogen-bond donors (Lipinski definition) is 2. The fourth-order valence-corrected chi connectivity index (χ4v) is 3.93. The highest BCUT2D eigenvalue weighted by atomic mass is 16.2. The minimum atomic E-state index is 0.0535. The third kappa shape index (κ3) is 4.74. The van der Waals surface area contributed by atoms with Crippen molar-refractivity contribution in [3.63, 3.8) is 0 Å². The molecule has 136 valence electrons. The molecule has 3 atom stereocenters. The summed E-state index contributed by atoms with van der Waals surface area (Å²) in [5.41, 5.74) is 2.43. The predicted molar refractivity (Wildman–Crippen MR) is 101 cm³/mol. The second-order valence-electron chi connectivity index (χ2n) is 7.72. The first kappa shape index (κ1) is 17.8. The molecule has 0 aromatic heterocycles. The zero-order valence-electron chi connectivity index (χ0n) is 15.6. The fraction of sp³-hybridized carbons (Fsp3) is 0.600. The van der Waals surface area contributed by atoms with Crippen LogP contribution in [0.5, 0.6) is 0 Å². The first-order valence-corrected chi connectivity index (χ1v) is 9.32. The van der Waals surface area contributed by atoms with E-state index in [0.29, 0.717) is 12.6 Å². The highest BCUT2D eigenvalue weighted by molar-refractivity contribution is 5.86. The molecule has 0 radical (unpaired) electrons. The van der Waals surface area contributed by atoms with Crippen molar-refractivity contribution < 1.29 is 4.79 Å². The first-order chi connectivity index (χ1) is 12.0. The maximum atomic E-state index is 11.9. The van der Waals surface area contributed by atoms with Gasteiger partial charge in [-0.15, -0.1) is 0 Å². The van der Waals surface area contributed by atoms with Gasteiger partial charge < -0.3 is 15.5 Å². The number of fused-ring (bicyclic) bond motifs is 2. The highest BCUT2D eigenvalue weighted by Gasteiger charge is 2.39. The van der Waals surface area contributed by atoms with Gasteiger partial charge in [-0.2, -0.15) is 0 Å². The van der Waals surface area contributed by atoms with Gasteiger partial charge in [0, 0.05) is 20.1 Å². The van der Waals surface area contributed by atoms with E-state index < -0.39 is 0 Å². The van der Waals surface area contributed by atoms with Crippen LogP contribution in [0.3, 0.4) is 0 Å². The summed E-state index contributed by atoms with van der Waals surface area (Å²) in [5.74, 6) is 2.45. The molecule has 3 rings (SSSR count). The van der Waals surface area contributed by atoms with Crippen LogP contribution in [0.15, 0.2) is 29.3 Å². The number of aliphatic imine (C=N–C) groups is 1.